The fourth-order valence-electron chi connectivity index (χ4n) is 3.27. The lowest BCUT2D eigenvalue weighted by Crippen LogP contribution is -2.14. The van der Waals surface area contributed by atoms with Crippen molar-refractivity contribution in [3.63, 3.8) is 0 Å². The molecule has 0 radical (unpaired) electrons. The third kappa shape index (κ3) is 4.46. The molecule has 132 valence electrons. The Bertz CT molecular complexity index is 837. The van der Waals surface area contributed by atoms with Crippen LogP contribution in [0.15, 0.2) is 53.4 Å². The van der Waals surface area contributed by atoms with Gasteiger partial charge in [0.05, 0.1) is 4.90 Å². The summed E-state index contributed by atoms with van der Waals surface area (Å²) in [6.45, 7) is 0. The molecule has 2 aromatic carbocycles. The first-order valence-corrected chi connectivity index (χ1v) is 10.0. The molecule has 1 aliphatic carbocycles. The number of sulfonamides is 1. The molecule has 0 aromatic heterocycles. The van der Waals surface area contributed by atoms with Gasteiger partial charge in [0.15, 0.2) is 0 Å². The largest absolute Gasteiger partial charge is 0.322 e. The van der Waals surface area contributed by atoms with Crippen LogP contribution in [0.3, 0.4) is 0 Å². The molecule has 3 rings (SSSR count). The number of carbonyl (C=O) groups excluding carboxylic acids is 1. The number of hydrogen-bond acceptors (Lipinski definition) is 3. The quantitative estimate of drug-likeness (QED) is 0.874. The van der Waals surface area contributed by atoms with Crippen molar-refractivity contribution in [2.45, 2.75) is 42.9 Å². The highest BCUT2D eigenvalue weighted by Crippen LogP contribution is 2.32. The molecule has 1 saturated carbocycles. The molecular weight excluding hydrogens is 336 g/mol. The average Bonchev–Trinajstić information content (AvgIpc) is 2.62. The van der Waals surface area contributed by atoms with E-state index in [0.29, 0.717) is 17.2 Å². The Labute approximate surface area is 148 Å². The van der Waals surface area contributed by atoms with E-state index in [1.54, 1.807) is 0 Å². The number of nitrogens with one attached hydrogen (secondary N) is 1. The minimum atomic E-state index is -3.73. The number of carbonyl (C=O) groups is 1. The van der Waals surface area contributed by atoms with Crippen LogP contribution in [0.2, 0.25) is 0 Å². The van der Waals surface area contributed by atoms with Crippen LogP contribution in [-0.2, 0) is 10.0 Å². The van der Waals surface area contributed by atoms with Crippen LogP contribution in [0.25, 0.3) is 0 Å². The topological polar surface area (TPSA) is 89.3 Å². The second-order valence-electron chi connectivity index (χ2n) is 6.48. The van der Waals surface area contributed by atoms with E-state index in [0.717, 1.165) is 0 Å². The van der Waals surface area contributed by atoms with Gasteiger partial charge in [0.25, 0.3) is 5.91 Å². The SMILES string of the molecule is NS(=O)(=O)c1ccc(NC(=O)c2ccc(C3CCCCC3)cc2)cc1. The maximum absolute atomic E-state index is 12.3. The molecule has 1 aliphatic rings. The fourth-order valence-corrected chi connectivity index (χ4v) is 3.79. The first-order valence-electron chi connectivity index (χ1n) is 8.48. The van der Waals surface area contributed by atoms with Crippen molar-refractivity contribution in [3.05, 3.63) is 59.7 Å². The van der Waals surface area contributed by atoms with Crippen LogP contribution < -0.4 is 10.5 Å². The molecule has 0 bridgehead atoms. The van der Waals surface area contributed by atoms with E-state index in [4.69, 9.17) is 5.14 Å². The van der Waals surface area contributed by atoms with Gasteiger partial charge in [-0.05, 0) is 60.7 Å². The summed E-state index contributed by atoms with van der Waals surface area (Å²) in [6, 6.07) is 13.6. The summed E-state index contributed by atoms with van der Waals surface area (Å²) >= 11 is 0. The highest BCUT2D eigenvalue weighted by molar-refractivity contribution is 7.89. The normalized spacial score (nSPS) is 15.7. The van der Waals surface area contributed by atoms with Crippen LogP contribution in [0.4, 0.5) is 5.69 Å². The Balaban J connectivity index is 1.66. The molecule has 0 saturated heterocycles. The lowest BCUT2D eigenvalue weighted by Gasteiger charge is -2.22. The van der Waals surface area contributed by atoms with Crippen LogP contribution in [-0.4, -0.2) is 14.3 Å². The molecule has 0 atom stereocenters. The molecule has 0 heterocycles. The molecule has 0 unspecified atom stereocenters. The number of hydrogen-bond donors (Lipinski definition) is 2. The Morgan fingerprint density at radius 2 is 1.52 bits per heavy atom. The van der Waals surface area contributed by atoms with Gasteiger partial charge in [-0.15, -0.1) is 0 Å². The fraction of sp³-hybridized carbons (Fsp3) is 0.316. The van der Waals surface area contributed by atoms with E-state index in [2.05, 4.69) is 5.32 Å². The molecule has 5 nitrogen and oxygen atoms in total. The van der Waals surface area contributed by atoms with Gasteiger partial charge < -0.3 is 5.32 Å². The summed E-state index contributed by atoms with van der Waals surface area (Å²) in [5, 5.41) is 7.82. The van der Waals surface area contributed by atoms with Crippen molar-refractivity contribution in [3.8, 4) is 0 Å². The maximum Gasteiger partial charge on any atom is 0.255 e. The highest BCUT2D eigenvalue weighted by atomic mass is 32.2. The zero-order chi connectivity index (χ0) is 17.9. The van der Waals surface area contributed by atoms with Gasteiger partial charge >= 0.3 is 0 Å². The first kappa shape index (κ1) is 17.6. The van der Waals surface area contributed by atoms with Gasteiger partial charge in [-0.1, -0.05) is 31.4 Å². The lowest BCUT2D eigenvalue weighted by molar-refractivity contribution is 0.102. The van der Waals surface area contributed by atoms with Gasteiger partial charge in [-0.25, -0.2) is 13.6 Å². The van der Waals surface area contributed by atoms with Gasteiger partial charge in [0, 0.05) is 11.3 Å². The molecule has 1 amide bonds. The minimum absolute atomic E-state index is 0.0160. The standard InChI is InChI=1S/C19H22N2O3S/c20-25(23,24)18-12-10-17(11-13-18)21-19(22)16-8-6-15(7-9-16)14-4-2-1-3-5-14/h6-14H,1-5H2,(H,21,22)(H2,20,23,24). The minimum Gasteiger partial charge on any atom is -0.322 e. The predicted octanol–water partition coefficient (Wildman–Crippen LogP) is 3.63. The van der Waals surface area contributed by atoms with Gasteiger partial charge in [-0.2, -0.15) is 0 Å². The van der Waals surface area contributed by atoms with Gasteiger partial charge in [-0.3, -0.25) is 4.79 Å². The zero-order valence-corrected chi connectivity index (χ0v) is 14.8. The average molecular weight is 358 g/mol. The van der Waals surface area contributed by atoms with E-state index in [1.165, 1.54) is 61.9 Å². The number of anilines is 1. The smallest absolute Gasteiger partial charge is 0.255 e. The van der Waals surface area contributed by atoms with Crippen LogP contribution in [0.1, 0.15) is 53.9 Å². The second-order valence-corrected chi connectivity index (χ2v) is 8.04. The summed E-state index contributed by atoms with van der Waals surface area (Å²) in [6.07, 6.45) is 6.33. The van der Waals surface area contributed by atoms with Gasteiger partial charge in [0.1, 0.15) is 0 Å². The summed E-state index contributed by atoms with van der Waals surface area (Å²) in [5.41, 5.74) is 2.40. The van der Waals surface area contributed by atoms with Crippen molar-refractivity contribution in [1.29, 1.82) is 0 Å². The summed E-state index contributed by atoms with van der Waals surface area (Å²) < 4.78 is 22.5. The molecule has 0 spiro atoms. The number of nitrogens with two attached hydrogens (primary N) is 1. The second kappa shape index (κ2) is 7.37. The Morgan fingerprint density at radius 3 is 2.08 bits per heavy atom. The molecule has 1 fully saturated rings. The molecule has 3 N–H and O–H groups in total. The number of rotatable bonds is 4. The van der Waals surface area contributed by atoms with E-state index in [9.17, 15) is 13.2 Å². The van der Waals surface area contributed by atoms with Gasteiger partial charge in [0.2, 0.25) is 10.0 Å². The Kier molecular flexibility index (Phi) is 5.20. The predicted molar refractivity (Wildman–Crippen MR) is 98.0 cm³/mol. The highest BCUT2D eigenvalue weighted by Gasteiger charge is 2.16. The molecule has 6 heteroatoms. The van der Waals surface area contributed by atoms with E-state index in [-0.39, 0.29) is 10.8 Å². The van der Waals surface area contributed by atoms with Crippen molar-refractivity contribution >= 4 is 21.6 Å². The van der Waals surface area contributed by atoms with Crippen LogP contribution in [0, 0.1) is 0 Å². The van der Waals surface area contributed by atoms with E-state index >= 15 is 0 Å². The molecule has 25 heavy (non-hydrogen) atoms. The Morgan fingerprint density at radius 1 is 0.920 bits per heavy atom. The number of amides is 1. The van der Waals surface area contributed by atoms with Crippen molar-refractivity contribution in [2.75, 3.05) is 5.32 Å². The Hall–Kier alpha value is -2.18. The third-order valence-corrected chi connectivity index (χ3v) is 5.62. The van der Waals surface area contributed by atoms with Crippen LogP contribution in [0.5, 0.6) is 0 Å². The van der Waals surface area contributed by atoms with Crippen LogP contribution >= 0.6 is 0 Å². The summed E-state index contributed by atoms with van der Waals surface area (Å²) in [5.74, 6) is 0.384. The van der Waals surface area contributed by atoms with Crippen molar-refractivity contribution in [2.24, 2.45) is 5.14 Å². The van der Waals surface area contributed by atoms with Crippen molar-refractivity contribution < 1.29 is 13.2 Å². The lowest BCUT2D eigenvalue weighted by atomic mass is 9.84. The molecular formula is C19H22N2O3S. The monoisotopic (exact) mass is 358 g/mol. The number of benzene rings is 2. The van der Waals surface area contributed by atoms with Crippen molar-refractivity contribution in [1.82, 2.24) is 0 Å². The molecule has 0 aliphatic heterocycles. The van der Waals surface area contributed by atoms with E-state index < -0.39 is 10.0 Å². The maximum atomic E-state index is 12.3. The van der Waals surface area contributed by atoms with E-state index in [1.807, 2.05) is 24.3 Å². The summed E-state index contributed by atoms with van der Waals surface area (Å²) in [4.78, 5) is 12.3. The molecule has 2 aromatic rings. The summed E-state index contributed by atoms with van der Waals surface area (Å²) in [7, 11) is -3.73. The number of primary sulfonamides is 1. The first-order chi connectivity index (χ1) is 11.9. The third-order valence-electron chi connectivity index (χ3n) is 4.69. The zero-order valence-electron chi connectivity index (χ0n) is 13.9.